The monoisotopic (exact) mass is 299 g/mol. The molecule has 0 aromatic carbocycles. The van der Waals surface area contributed by atoms with Gasteiger partial charge in [0.05, 0.1) is 6.04 Å². The zero-order valence-corrected chi connectivity index (χ0v) is 12.7. The number of hydrogen-bond donors (Lipinski definition) is 3. The molecule has 1 heterocycles. The first kappa shape index (κ1) is 16.4. The maximum absolute atomic E-state index is 11.9. The molecule has 6 nitrogen and oxygen atoms in total. The maximum atomic E-state index is 11.9. The van der Waals surface area contributed by atoms with E-state index in [2.05, 4.69) is 15.6 Å². The molecule has 1 aromatic rings. The Balaban J connectivity index is 2.58. The van der Waals surface area contributed by atoms with Crippen LogP contribution in [-0.4, -0.2) is 28.1 Å². The van der Waals surface area contributed by atoms with Gasteiger partial charge in [0.25, 0.3) is 0 Å². The standard InChI is InChI=1S/C13H21N3O3S/c1-4-9(11-14-5-6-20-11)15-13(19)16-10(12(17)18)7-8(2)3/h5-6,8-10H,4,7H2,1-3H3,(H,17,18)(H2,15,16,19). The summed E-state index contributed by atoms with van der Waals surface area (Å²) in [4.78, 5) is 27.2. The molecule has 0 saturated carbocycles. The van der Waals surface area contributed by atoms with E-state index in [9.17, 15) is 9.59 Å². The summed E-state index contributed by atoms with van der Waals surface area (Å²) >= 11 is 1.46. The summed E-state index contributed by atoms with van der Waals surface area (Å²) < 4.78 is 0. The van der Waals surface area contributed by atoms with Crippen LogP contribution in [0.5, 0.6) is 0 Å². The summed E-state index contributed by atoms with van der Waals surface area (Å²) in [6.07, 6.45) is 2.78. The fourth-order valence-corrected chi connectivity index (χ4v) is 2.57. The number of thiazole rings is 1. The first-order valence-corrected chi connectivity index (χ1v) is 7.51. The third kappa shape index (κ3) is 5.16. The van der Waals surface area contributed by atoms with E-state index in [1.807, 2.05) is 26.2 Å². The molecule has 0 aliphatic carbocycles. The van der Waals surface area contributed by atoms with E-state index in [0.29, 0.717) is 12.8 Å². The molecule has 2 atom stereocenters. The molecule has 0 aliphatic heterocycles. The Morgan fingerprint density at radius 2 is 2.10 bits per heavy atom. The molecule has 0 aliphatic rings. The number of nitrogens with zero attached hydrogens (tertiary/aromatic N) is 1. The number of hydrogen-bond acceptors (Lipinski definition) is 4. The molecule has 1 rings (SSSR count). The van der Waals surface area contributed by atoms with E-state index in [-0.39, 0.29) is 12.0 Å². The lowest BCUT2D eigenvalue weighted by molar-refractivity contribution is -0.139. The lowest BCUT2D eigenvalue weighted by Crippen LogP contribution is -2.47. The van der Waals surface area contributed by atoms with Crippen molar-refractivity contribution in [3.05, 3.63) is 16.6 Å². The van der Waals surface area contributed by atoms with Crippen molar-refractivity contribution in [1.82, 2.24) is 15.6 Å². The Morgan fingerprint density at radius 1 is 1.40 bits per heavy atom. The SMILES string of the molecule is CCC(NC(=O)NC(CC(C)C)C(=O)O)c1nccs1. The number of carbonyl (C=O) groups excluding carboxylic acids is 1. The molecule has 0 saturated heterocycles. The molecule has 0 fully saturated rings. The van der Waals surface area contributed by atoms with E-state index in [0.717, 1.165) is 5.01 Å². The molecule has 7 heteroatoms. The molecule has 0 radical (unpaired) electrons. The van der Waals surface area contributed by atoms with Crippen LogP contribution in [0.4, 0.5) is 4.79 Å². The highest BCUT2D eigenvalue weighted by Gasteiger charge is 2.22. The Bertz CT molecular complexity index is 434. The van der Waals surface area contributed by atoms with Crippen molar-refractivity contribution in [2.24, 2.45) is 5.92 Å². The van der Waals surface area contributed by atoms with Gasteiger partial charge in [-0.3, -0.25) is 0 Å². The summed E-state index contributed by atoms with van der Waals surface area (Å²) in [5, 5.41) is 17.0. The zero-order chi connectivity index (χ0) is 15.1. The van der Waals surface area contributed by atoms with Crippen LogP contribution in [0.25, 0.3) is 0 Å². The van der Waals surface area contributed by atoms with Gasteiger partial charge in [-0.1, -0.05) is 20.8 Å². The smallest absolute Gasteiger partial charge is 0.326 e. The van der Waals surface area contributed by atoms with Gasteiger partial charge < -0.3 is 15.7 Å². The van der Waals surface area contributed by atoms with Crippen LogP contribution in [-0.2, 0) is 4.79 Å². The van der Waals surface area contributed by atoms with Gasteiger partial charge in [0.15, 0.2) is 0 Å². The molecule has 1 aromatic heterocycles. The number of carboxylic acids is 1. The highest BCUT2D eigenvalue weighted by atomic mass is 32.1. The second kappa shape index (κ2) is 7.84. The molecule has 2 unspecified atom stereocenters. The summed E-state index contributed by atoms with van der Waals surface area (Å²) in [6, 6.07) is -1.53. The van der Waals surface area contributed by atoms with Crippen LogP contribution < -0.4 is 10.6 Å². The Morgan fingerprint density at radius 3 is 2.55 bits per heavy atom. The van der Waals surface area contributed by atoms with Crippen LogP contribution in [0.3, 0.4) is 0 Å². The van der Waals surface area contributed by atoms with Crippen LogP contribution in [0.15, 0.2) is 11.6 Å². The molecule has 20 heavy (non-hydrogen) atoms. The van der Waals surface area contributed by atoms with Crippen molar-refractivity contribution in [2.75, 3.05) is 0 Å². The van der Waals surface area contributed by atoms with Crippen LogP contribution in [0.2, 0.25) is 0 Å². The number of aromatic nitrogens is 1. The molecular formula is C13H21N3O3S. The van der Waals surface area contributed by atoms with Crippen molar-refractivity contribution >= 4 is 23.3 Å². The van der Waals surface area contributed by atoms with Crippen LogP contribution >= 0.6 is 11.3 Å². The number of urea groups is 1. The second-order valence-corrected chi connectivity index (χ2v) is 5.90. The fourth-order valence-electron chi connectivity index (χ4n) is 1.80. The first-order chi connectivity index (χ1) is 9.43. The average molecular weight is 299 g/mol. The van der Waals surface area contributed by atoms with Crippen molar-refractivity contribution in [3.63, 3.8) is 0 Å². The topological polar surface area (TPSA) is 91.3 Å². The minimum atomic E-state index is -1.02. The number of carboxylic acid groups (broad SMARTS) is 1. The summed E-state index contributed by atoms with van der Waals surface area (Å²) in [6.45, 7) is 5.77. The van der Waals surface area contributed by atoms with E-state index >= 15 is 0 Å². The Kier molecular flexibility index (Phi) is 6.44. The fraction of sp³-hybridized carbons (Fsp3) is 0.615. The maximum Gasteiger partial charge on any atom is 0.326 e. The van der Waals surface area contributed by atoms with Crippen LogP contribution in [0.1, 0.15) is 44.7 Å². The molecule has 112 valence electrons. The number of nitrogens with one attached hydrogen (secondary N) is 2. The van der Waals surface area contributed by atoms with Crippen molar-refractivity contribution in [2.45, 2.75) is 45.7 Å². The van der Waals surface area contributed by atoms with Gasteiger partial charge in [0.1, 0.15) is 11.0 Å². The number of aliphatic carboxylic acids is 1. The van der Waals surface area contributed by atoms with E-state index < -0.39 is 18.0 Å². The van der Waals surface area contributed by atoms with E-state index in [1.54, 1.807) is 6.20 Å². The average Bonchev–Trinajstić information content (AvgIpc) is 2.88. The Hall–Kier alpha value is -1.63. The molecular weight excluding hydrogens is 278 g/mol. The van der Waals surface area contributed by atoms with Gasteiger partial charge in [0.2, 0.25) is 0 Å². The van der Waals surface area contributed by atoms with E-state index in [4.69, 9.17) is 5.11 Å². The predicted octanol–water partition coefficient (Wildman–Crippen LogP) is 2.39. The van der Waals surface area contributed by atoms with Gasteiger partial charge in [-0.2, -0.15) is 0 Å². The van der Waals surface area contributed by atoms with Gasteiger partial charge in [0, 0.05) is 11.6 Å². The van der Waals surface area contributed by atoms with Crippen LogP contribution in [0, 0.1) is 5.92 Å². The highest BCUT2D eigenvalue weighted by molar-refractivity contribution is 7.09. The van der Waals surface area contributed by atoms with Gasteiger partial charge in [-0.15, -0.1) is 11.3 Å². The molecule has 0 spiro atoms. The van der Waals surface area contributed by atoms with E-state index in [1.165, 1.54) is 11.3 Å². The molecule has 3 N–H and O–H groups in total. The first-order valence-electron chi connectivity index (χ1n) is 6.63. The van der Waals surface area contributed by atoms with Gasteiger partial charge in [-0.05, 0) is 18.8 Å². The Labute approximate surface area is 122 Å². The van der Waals surface area contributed by atoms with Crippen molar-refractivity contribution < 1.29 is 14.7 Å². The number of rotatable bonds is 7. The largest absolute Gasteiger partial charge is 0.480 e. The van der Waals surface area contributed by atoms with Crippen molar-refractivity contribution in [1.29, 1.82) is 0 Å². The minimum absolute atomic E-state index is 0.191. The molecule has 2 amide bonds. The summed E-state index contributed by atoms with van der Waals surface area (Å²) in [5.41, 5.74) is 0. The summed E-state index contributed by atoms with van der Waals surface area (Å²) in [7, 11) is 0. The zero-order valence-electron chi connectivity index (χ0n) is 11.9. The summed E-state index contributed by atoms with van der Waals surface area (Å²) in [5.74, 6) is -0.825. The quantitative estimate of drug-likeness (QED) is 0.721. The third-order valence-electron chi connectivity index (χ3n) is 2.77. The second-order valence-electron chi connectivity index (χ2n) is 4.97. The number of amides is 2. The minimum Gasteiger partial charge on any atom is -0.480 e. The van der Waals surface area contributed by atoms with Crippen molar-refractivity contribution in [3.8, 4) is 0 Å². The lowest BCUT2D eigenvalue weighted by atomic mass is 10.0. The third-order valence-corrected chi connectivity index (χ3v) is 3.66. The normalized spacial score (nSPS) is 13.8. The van der Waals surface area contributed by atoms with Gasteiger partial charge in [-0.25, -0.2) is 14.6 Å². The predicted molar refractivity (Wildman–Crippen MR) is 77.7 cm³/mol. The number of carbonyl (C=O) groups is 2. The molecule has 0 bridgehead atoms. The lowest BCUT2D eigenvalue weighted by Gasteiger charge is -2.19. The highest BCUT2D eigenvalue weighted by Crippen LogP contribution is 2.18. The van der Waals surface area contributed by atoms with Gasteiger partial charge >= 0.3 is 12.0 Å².